The summed E-state index contributed by atoms with van der Waals surface area (Å²) < 4.78 is 0. The van der Waals surface area contributed by atoms with Gasteiger partial charge in [0.25, 0.3) is 11.5 Å². The Balaban J connectivity index is 2.33. The van der Waals surface area contributed by atoms with Crippen molar-refractivity contribution >= 4 is 5.91 Å². The molecule has 0 aliphatic carbocycles. The number of aromatic nitrogens is 1. The van der Waals surface area contributed by atoms with Gasteiger partial charge in [0.1, 0.15) is 5.56 Å². The summed E-state index contributed by atoms with van der Waals surface area (Å²) in [7, 11) is 0. The number of nitrogens with one attached hydrogen (secondary N) is 2. The zero-order chi connectivity index (χ0) is 13.3. The van der Waals surface area contributed by atoms with Gasteiger partial charge >= 0.3 is 0 Å². The van der Waals surface area contributed by atoms with Crippen LogP contribution in [0.15, 0.2) is 16.9 Å². The third-order valence-electron chi connectivity index (χ3n) is 3.33. The normalized spacial score (nSPS) is 18.7. The smallest absolute Gasteiger partial charge is 0.260 e. The van der Waals surface area contributed by atoms with Crippen molar-refractivity contribution in [1.82, 2.24) is 15.2 Å². The maximum atomic E-state index is 12.4. The number of rotatable bonds is 1. The molecule has 2 rings (SSSR count). The first kappa shape index (κ1) is 12.8. The number of hydrogen-bond donors (Lipinski definition) is 2. The summed E-state index contributed by atoms with van der Waals surface area (Å²) in [4.78, 5) is 28.7. The van der Waals surface area contributed by atoms with Gasteiger partial charge in [-0.05, 0) is 32.9 Å². The highest BCUT2D eigenvalue weighted by atomic mass is 16.2. The number of carbonyl (C=O) groups is 1. The SMILES string of the molecule is Cc1ccc(C(=O)N2CCNCC2(C)C)c(=O)[nH]1. The highest BCUT2D eigenvalue weighted by Gasteiger charge is 2.34. The van der Waals surface area contributed by atoms with Crippen molar-refractivity contribution < 1.29 is 4.79 Å². The third-order valence-corrected chi connectivity index (χ3v) is 3.33. The molecule has 1 amide bonds. The number of piperazine rings is 1. The second-order valence-corrected chi connectivity index (χ2v) is 5.33. The summed E-state index contributed by atoms with van der Waals surface area (Å²) in [6, 6.07) is 3.36. The van der Waals surface area contributed by atoms with Crippen LogP contribution in [0.4, 0.5) is 0 Å². The lowest BCUT2D eigenvalue weighted by molar-refractivity contribution is 0.0475. The van der Waals surface area contributed by atoms with E-state index in [1.165, 1.54) is 0 Å². The number of carbonyl (C=O) groups excluding carboxylic acids is 1. The summed E-state index contributed by atoms with van der Waals surface area (Å²) >= 11 is 0. The zero-order valence-corrected chi connectivity index (χ0v) is 11.0. The highest BCUT2D eigenvalue weighted by molar-refractivity contribution is 5.94. The van der Waals surface area contributed by atoms with Crippen LogP contribution in [-0.4, -0.2) is 41.0 Å². The first-order valence-electron chi connectivity index (χ1n) is 6.14. The van der Waals surface area contributed by atoms with Crippen LogP contribution in [0.5, 0.6) is 0 Å². The topological polar surface area (TPSA) is 65.2 Å². The second kappa shape index (κ2) is 4.57. The van der Waals surface area contributed by atoms with Gasteiger partial charge in [-0.15, -0.1) is 0 Å². The molecule has 2 heterocycles. The Morgan fingerprint density at radius 2 is 2.11 bits per heavy atom. The largest absolute Gasteiger partial charge is 0.331 e. The van der Waals surface area contributed by atoms with E-state index in [0.29, 0.717) is 6.54 Å². The van der Waals surface area contributed by atoms with E-state index in [0.717, 1.165) is 18.8 Å². The van der Waals surface area contributed by atoms with Crippen LogP contribution in [-0.2, 0) is 0 Å². The van der Waals surface area contributed by atoms with E-state index in [9.17, 15) is 9.59 Å². The third kappa shape index (κ3) is 2.31. The van der Waals surface area contributed by atoms with E-state index >= 15 is 0 Å². The monoisotopic (exact) mass is 249 g/mol. The van der Waals surface area contributed by atoms with Crippen molar-refractivity contribution in [3.05, 3.63) is 33.7 Å². The molecule has 5 heteroatoms. The van der Waals surface area contributed by atoms with Crippen molar-refractivity contribution in [3.63, 3.8) is 0 Å². The number of hydrogen-bond acceptors (Lipinski definition) is 3. The van der Waals surface area contributed by atoms with Crippen LogP contribution in [0.2, 0.25) is 0 Å². The molecule has 0 unspecified atom stereocenters. The Kier molecular flexibility index (Phi) is 3.26. The van der Waals surface area contributed by atoms with Gasteiger partial charge in [-0.1, -0.05) is 0 Å². The van der Waals surface area contributed by atoms with Gasteiger partial charge in [-0.2, -0.15) is 0 Å². The molecule has 98 valence electrons. The number of aromatic amines is 1. The summed E-state index contributed by atoms with van der Waals surface area (Å²) in [6.45, 7) is 7.92. The maximum Gasteiger partial charge on any atom is 0.260 e. The van der Waals surface area contributed by atoms with Gasteiger partial charge in [0.15, 0.2) is 0 Å². The zero-order valence-electron chi connectivity index (χ0n) is 11.0. The lowest BCUT2D eigenvalue weighted by Crippen LogP contribution is -2.60. The van der Waals surface area contributed by atoms with Crippen molar-refractivity contribution in [2.45, 2.75) is 26.3 Å². The molecule has 5 nitrogen and oxygen atoms in total. The maximum absolute atomic E-state index is 12.4. The fourth-order valence-corrected chi connectivity index (χ4v) is 2.25. The lowest BCUT2D eigenvalue weighted by atomic mass is 9.99. The fourth-order valence-electron chi connectivity index (χ4n) is 2.25. The molecule has 0 bridgehead atoms. The summed E-state index contributed by atoms with van der Waals surface area (Å²) in [6.07, 6.45) is 0. The Hall–Kier alpha value is -1.62. The molecule has 0 spiro atoms. The number of aryl methyl sites for hydroxylation is 1. The molecule has 1 aromatic rings. The van der Waals surface area contributed by atoms with Gasteiger partial charge in [0.2, 0.25) is 0 Å². The van der Waals surface area contributed by atoms with E-state index in [1.54, 1.807) is 24.0 Å². The number of nitrogens with zero attached hydrogens (tertiary/aromatic N) is 1. The van der Waals surface area contributed by atoms with Crippen molar-refractivity contribution in [1.29, 1.82) is 0 Å². The second-order valence-electron chi connectivity index (χ2n) is 5.33. The van der Waals surface area contributed by atoms with E-state index in [-0.39, 0.29) is 22.6 Å². The summed E-state index contributed by atoms with van der Waals surface area (Å²) in [5, 5.41) is 3.26. The van der Waals surface area contributed by atoms with Crippen LogP contribution in [0.3, 0.4) is 0 Å². The van der Waals surface area contributed by atoms with E-state index in [4.69, 9.17) is 0 Å². The molecule has 0 atom stereocenters. The van der Waals surface area contributed by atoms with Crippen molar-refractivity contribution in [3.8, 4) is 0 Å². The molecule has 1 fully saturated rings. The Labute approximate surface area is 106 Å². The Morgan fingerprint density at radius 1 is 1.39 bits per heavy atom. The average Bonchev–Trinajstić information content (AvgIpc) is 2.27. The molecule has 1 saturated heterocycles. The molecule has 0 saturated carbocycles. The van der Waals surface area contributed by atoms with Gasteiger partial charge in [0.05, 0.1) is 5.54 Å². The minimum atomic E-state index is -0.311. The molecular formula is C13H19N3O2. The predicted octanol–water partition coefficient (Wildman–Crippen LogP) is 0.507. The van der Waals surface area contributed by atoms with Crippen LogP contribution in [0.1, 0.15) is 29.9 Å². The van der Waals surface area contributed by atoms with E-state index < -0.39 is 0 Å². The number of H-pyrrole nitrogens is 1. The average molecular weight is 249 g/mol. The van der Waals surface area contributed by atoms with Crippen LogP contribution in [0.25, 0.3) is 0 Å². The first-order valence-corrected chi connectivity index (χ1v) is 6.14. The molecule has 2 N–H and O–H groups in total. The molecule has 1 aliphatic heterocycles. The van der Waals surface area contributed by atoms with E-state index in [1.807, 2.05) is 13.8 Å². The van der Waals surface area contributed by atoms with Crippen LogP contribution in [0, 0.1) is 6.92 Å². The quantitative estimate of drug-likeness (QED) is 0.762. The lowest BCUT2D eigenvalue weighted by Gasteiger charge is -2.42. The first-order chi connectivity index (χ1) is 8.42. The van der Waals surface area contributed by atoms with Gasteiger partial charge in [-0.3, -0.25) is 9.59 Å². The van der Waals surface area contributed by atoms with Gasteiger partial charge in [0, 0.05) is 25.3 Å². The van der Waals surface area contributed by atoms with E-state index in [2.05, 4.69) is 10.3 Å². The molecule has 18 heavy (non-hydrogen) atoms. The predicted molar refractivity (Wildman–Crippen MR) is 69.8 cm³/mol. The Bertz CT molecular complexity index is 519. The van der Waals surface area contributed by atoms with Crippen molar-refractivity contribution in [2.75, 3.05) is 19.6 Å². The minimum absolute atomic E-state index is 0.192. The number of amides is 1. The minimum Gasteiger partial charge on any atom is -0.331 e. The molecule has 1 aliphatic rings. The summed E-state index contributed by atoms with van der Waals surface area (Å²) in [5.74, 6) is -0.192. The number of pyridine rings is 1. The van der Waals surface area contributed by atoms with Gasteiger partial charge in [-0.25, -0.2) is 0 Å². The highest BCUT2D eigenvalue weighted by Crippen LogP contribution is 2.18. The fraction of sp³-hybridized carbons (Fsp3) is 0.538. The molecule has 0 radical (unpaired) electrons. The van der Waals surface area contributed by atoms with Gasteiger partial charge < -0.3 is 15.2 Å². The molecule has 0 aromatic carbocycles. The molecule has 1 aromatic heterocycles. The van der Waals surface area contributed by atoms with Crippen LogP contribution >= 0.6 is 0 Å². The Morgan fingerprint density at radius 3 is 2.72 bits per heavy atom. The van der Waals surface area contributed by atoms with Crippen LogP contribution < -0.4 is 10.9 Å². The van der Waals surface area contributed by atoms with Crippen molar-refractivity contribution in [2.24, 2.45) is 0 Å². The molecular weight excluding hydrogens is 230 g/mol. The standard InChI is InChI=1S/C13H19N3O2/c1-9-4-5-10(11(17)15-9)12(18)16-7-6-14-8-13(16,2)3/h4-5,14H,6-8H2,1-3H3,(H,15,17). The summed E-state index contributed by atoms with van der Waals surface area (Å²) in [5.41, 5.74) is 0.396.